The Morgan fingerprint density at radius 3 is 2.67 bits per heavy atom. The third-order valence-corrected chi connectivity index (χ3v) is 4.86. The zero-order chi connectivity index (χ0) is 13.2. The molecule has 0 radical (unpaired) electrons. The predicted molar refractivity (Wildman–Crippen MR) is 66.2 cm³/mol. The Hall–Kier alpha value is -1.40. The van der Waals surface area contributed by atoms with Crippen LogP contribution in [0.15, 0.2) is 30.3 Å². The second-order valence-electron chi connectivity index (χ2n) is 4.17. The van der Waals surface area contributed by atoms with Crippen LogP contribution in [0.1, 0.15) is 12.0 Å². The number of sulfonamides is 1. The minimum absolute atomic E-state index is 0.000397. The summed E-state index contributed by atoms with van der Waals surface area (Å²) in [5.41, 5.74) is 0.858. The Labute approximate surface area is 106 Å². The molecule has 18 heavy (non-hydrogen) atoms. The average molecular weight is 269 g/mol. The van der Waals surface area contributed by atoms with Gasteiger partial charge >= 0.3 is 5.97 Å². The molecule has 0 aliphatic carbocycles. The molecule has 0 N–H and O–H groups in total. The fourth-order valence-electron chi connectivity index (χ4n) is 2.06. The van der Waals surface area contributed by atoms with E-state index >= 15 is 0 Å². The van der Waals surface area contributed by atoms with Crippen molar-refractivity contribution in [3.05, 3.63) is 35.9 Å². The Morgan fingerprint density at radius 1 is 1.39 bits per heavy atom. The van der Waals surface area contributed by atoms with Crippen LogP contribution in [0.4, 0.5) is 0 Å². The summed E-state index contributed by atoms with van der Waals surface area (Å²) in [4.78, 5) is 11.6. The molecule has 1 aliphatic rings. The zero-order valence-corrected chi connectivity index (χ0v) is 10.9. The van der Waals surface area contributed by atoms with Crippen LogP contribution < -0.4 is 0 Å². The molecule has 1 saturated heterocycles. The van der Waals surface area contributed by atoms with E-state index in [0.717, 1.165) is 5.56 Å². The number of esters is 1. The number of nitrogens with zero attached hydrogens (tertiary/aromatic N) is 1. The van der Waals surface area contributed by atoms with Gasteiger partial charge in [0.15, 0.2) is 0 Å². The van der Waals surface area contributed by atoms with Crippen molar-refractivity contribution in [2.75, 3.05) is 12.9 Å². The number of carbonyl (C=O) groups excluding carboxylic acids is 1. The SMILES string of the molecule is COC(=O)C1CCS(=O)(=O)N1Cc1ccccc1. The van der Waals surface area contributed by atoms with Gasteiger partial charge in [-0.15, -0.1) is 0 Å². The molecule has 1 aliphatic heterocycles. The summed E-state index contributed by atoms with van der Waals surface area (Å²) in [6.07, 6.45) is 0.293. The molecule has 6 heteroatoms. The number of rotatable bonds is 3. The number of carbonyl (C=O) groups is 1. The van der Waals surface area contributed by atoms with E-state index in [4.69, 9.17) is 0 Å². The molecule has 2 rings (SSSR count). The molecular formula is C12H15NO4S. The van der Waals surface area contributed by atoms with Crippen molar-refractivity contribution in [1.82, 2.24) is 4.31 Å². The van der Waals surface area contributed by atoms with Gasteiger partial charge in [-0.1, -0.05) is 30.3 Å². The Kier molecular flexibility index (Phi) is 3.68. The van der Waals surface area contributed by atoms with Crippen molar-refractivity contribution in [3.63, 3.8) is 0 Å². The van der Waals surface area contributed by atoms with Crippen LogP contribution >= 0.6 is 0 Å². The predicted octanol–water partition coefficient (Wildman–Crippen LogP) is 0.764. The molecule has 1 unspecified atom stereocenters. The van der Waals surface area contributed by atoms with Crippen LogP contribution in [0.2, 0.25) is 0 Å². The lowest BCUT2D eigenvalue weighted by atomic mass is 10.2. The van der Waals surface area contributed by atoms with Crippen LogP contribution in [0.5, 0.6) is 0 Å². The van der Waals surface area contributed by atoms with Gasteiger partial charge in [0, 0.05) is 6.54 Å². The molecule has 0 amide bonds. The summed E-state index contributed by atoms with van der Waals surface area (Å²) in [7, 11) is -2.09. The van der Waals surface area contributed by atoms with Crippen molar-refractivity contribution in [3.8, 4) is 0 Å². The molecule has 98 valence electrons. The average Bonchev–Trinajstić information content (AvgIpc) is 2.66. The van der Waals surface area contributed by atoms with Crippen molar-refractivity contribution >= 4 is 16.0 Å². The van der Waals surface area contributed by atoms with Crippen LogP contribution in [0.25, 0.3) is 0 Å². The van der Waals surface area contributed by atoms with Gasteiger partial charge in [-0.05, 0) is 12.0 Å². The second-order valence-corrected chi connectivity index (χ2v) is 6.22. The van der Waals surface area contributed by atoms with Crippen LogP contribution in [-0.4, -0.2) is 37.6 Å². The van der Waals surface area contributed by atoms with E-state index in [-0.39, 0.29) is 12.3 Å². The molecule has 5 nitrogen and oxygen atoms in total. The Morgan fingerprint density at radius 2 is 2.06 bits per heavy atom. The van der Waals surface area contributed by atoms with Gasteiger partial charge in [0.1, 0.15) is 6.04 Å². The van der Waals surface area contributed by atoms with E-state index in [1.165, 1.54) is 11.4 Å². The molecule has 0 saturated carbocycles. The maximum Gasteiger partial charge on any atom is 0.324 e. The van der Waals surface area contributed by atoms with Gasteiger partial charge in [-0.3, -0.25) is 4.79 Å². The summed E-state index contributed by atoms with van der Waals surface area (Å²) >= 11 is 0. The summed E-state index contributed by atoms with van der Waals surface area (Å²) in [5.74, 6) is -0.494. The number of hydrogen-bond acceptors (Lipinski definition) is 4. The molecule has 1 aromatic rings. The number of hydrogen-bond donors (Lipinski definition) is 0. The molecule has 1 heterocycles. The van der Waals surface area contributed by atoms with E-state index in [2.05, 4.69) is 4.74 Å². The van der Waals surface area contributed by atoms with Gasteiger partial charge in [-0.2, -0.15) is 4.31 Å². The van der Waals surface area contributed by atoms with Crippen molar-refractivity contribution in [2.45, 2.75) is 19.0 Å². The van der Waals surface area contributed by atoms with Gasteiger partial charge < -0.3 is 4.74 Å². The van der Waals surface area contributed by atoms with Gasteiger partial charge in [0.2, 0.25) is 10.0 Å². The van der Waals surface area contributed by atoms with Gasteiger partial charge in [0.05, 0.1) is 12.9 Å². The van der Waals surface area contributed by atoms with Crippen molar-refractivity contribution in [1.29, 1.82) is 0 Å². The van der Waals surface area contributed by atoms with E-state index in [0.29, 0.717) is 6.42 Å². The highest BCUT2D eigenvalue weighted by atomic mass is 32.2. The highest BCUT2D eigenvalue weighted by Crippen LogP contribution is 2.24. The maximum atomic E-state index is 11.9. The lowest BCUT2D eigenvalue weighted by Gasteiger charge is -2.20. The monoisotopic (exact) mass is 269 g/mol. The summed E-state index contributed by atoms with van der Waals surface area (Å²) in [6, 6.07) is 8.51. The first-order valence-corrected chi connectivity index (χ1v) is 7.27. The summed E-state index contributed by atoms with van der Waals surface area (Å²) in [5, 5.41) is 0. The fourth-order valence-corrected chi connectivity index (χ4v) is 3.74. The van der Waals surface area contributed by atoms with Crippen LogP contribution in [0, 0.1) is 0 Å². The minimum Gasteiger partial charge on any atom is -0.468 e. The summed E-state index contributed by atoms with van der Waals surface area (Å²) in [6.45, 7) is 0.211. The van der Waals surface area contributed by atoms with Crippen molar-refractivity contribution in [2.24, 2.45) is 0 Å². The quantitative estimate of drug-likeness (QED) is 0.760. The number of ether oxygens (including phenoxy) is 1. The molecule has 1 atom stereocenters. The Balaban J connectivity index is 2.24. The normalized spacial score (nSPS) is 22.8. The largest absolute Gasteiger partial charge is 0.468 e. The molecular weight excluding hydrogens is 254 g/mol. The highest BCUT2D eigenvalue weighted by Gasteiger charge is 2.41. The standard InChI is InChI=1S/C12H15NO4S/c1-17-12(14)11-7-8-18(15,16)13(11)9-10-5-3-2-4-6-10/h2-6,11H,7-9H2,1H3. The second kappa shape index (κ2) is 5.07. The number of benzene rings is 1. The fraction of sp³-hybridized carbons (Fsp3) is 0.417. The molecule has 0 spiro atoms. The summed E-state index contributed by atoms with van der Waals surface area (Å²) < 4.78 is 29.7. The zero-order valence-electron chi connectivity index (χ0n) is 10.1. The van der Waals surface area contributed by atoms with E-state index < -0.39 is 22.0 Å². The smallest absolute Gasteiger partial charge is 0.324 e. The van der Waals surface area contributed by atoms with E-state index in [1.807, 2.05) is 30.3 Å². The van der Waals surface area contributed by atoms with Gasteiger partial charge in [-0.25, -0.2) is 8.42 Å². The molecule has 0 bridgehead atoms. The lowest BCUT2D eigenvalue weighted by Crippen LogP contribution is -2.38. The highest BCUT2D eigenvalue weighted by molar-refractivity contribution is 7.89. The van der Waals surface area contributed by atoms with E-state index in [9.17, 15) is 13.2 Å². The van der Waals surface area contributed by atoms with Gasteiger partial charge in [0.25, 0.3) is 0 Å². The Bertz CT molecular complexity index is 526. The third-order valence-electron chi connectivity index (χ3n) is 3.01. The first-order valence-electron chi connectivity index (χ1n) is 5.66. The molecule has 1 aromatic carbocycles. The third kappa shape index (κ3) is 2.54. The van der Waals surface area contributed by atoms with Crippen LogP contribution in [0.3, 0.4) is 0 Å². The first kappa shape index (κ1) is 13.0. The minimum atomic E-state index is -3.36. The molecule has 1 fully saturated rings. The lowest BCUT2D eigenvalue weighted by molar-refractivity contribution is -0.144. The van der Waals surface area contributed by atoms with Crippen molar-refractivity contribution < 1.29 is 17.9 Å². The van der Waals surface area contributed by atoms with Crippen LogP contribution in [-0.2, 0) is 26.1 Å². The van der Waals surface area contributed by atoms with E-state index in [1.54, 1.807) is 0 Å². The first-order chi connectivity index (χ1) is 8.54. The maximum absolute atomic E-state index is 11.9. The number of methoxy groups -OCH3 is 1. The molecule has 0 aromatic heterocycles. The topological polar surface area (TPSA) is 63.7 Å².